The maximum Gasteiger partial charge on any atom is 0.226 e. The molecule has 6 nitrogen and oxygen atoms in total. The van der Waals surface area contributed by atoms with Gasteiger partial charge in [-0.1, -0.05) is 17.7 Å². The summed E-state index contributed by atoms with van der Waals surface area (Å²) in [7, 11) is 3.07. The molecule has 2 rings (SSSR count). The third-order valence-electron chi connectivity index (χ3n) is 4.09. The molecule has 0 aliphatic heterocycles. The summed E-state index contributed by atoms with van der Waals surface area (Å²) < 4.78 is 10.4. The van der Waals surface area contributed by atoms with Crippen molar-refractivity contribution in [3.63, 3.8) is 0 Å². The van der Waals surface area contributed by atoms with Gasteiger partial charge in [0.15, 0.2) is 0 Å². The number of nitrogens with one attached hydrogen (secondary N) is 1. The van der Waals surface area contributed by atoms with Gasteiger partial charge in [-0.15, -0.1) is 0 Å². The number of benzene rings is 2. The summed E-state index contributed by atoms with van der Waals surface area (Å²) in [5.41, 5.74) is 2.12. The number of ether oxygens (including phenoxy) is 2. The first-order valence-corrected chi connectivity index (χ1v) is 8.79. The molecule has 7 heteroatoms. The minimum Gasteiger partial charge on any atom is -0.497 e. The number of rotatable bonds is 7. The number of methoxy groups -OCH3 is 2. The highest BCUT2D eigenvalue weighted by Gasteiger charge is 2.15. The van der Waals surface area contributed by atoms with Crippen molar-refractivity contribution in [2.75, 3.05) is 31.0 Å². The Bertz CT molecular complexity index is 839. The fourth-order valence-electron chi connectivity index (χ4n) is 2.55. The van der Waals surface area contributed by atoms with Gasteiger partial charge in [-0.25, -0.2) is 0 Å². The highest BCUT2D eigenvalue weighted by Crippen LogP contribution is 2.29. The lowest BCUT2D eigenvalue weighted by atomic mass is 10.2. The van der Waals surface area contributed by atoms with Crippen LogP contribution in [0.15, 0.2) is 36.4 Å². The minimum absolute atomic E-state index is 0.125. The van der Waals surface area contributed by atoms with Crippen LogP contribution in [0.1, 0.15) is 18.9 Å². The Labute approximate surface area is 164 Å². The Hall–Kier alpha value is -2.73. The van der Waals surface area contributed by atoms with Crippen LogP contribution in [0.2, 0.25) is 5.02 Å². The molecule has 0 saturated heterocycles. The number of anilines is 2. The summed E-state index contributed by atoms with van der Waals surface area (Å²) in [6.07, 6.45) is 0.125. The van der Waals surface area contributed by atoms with Gasteiger partial charge in [-0.05, 0) is 36.8 Å². The summed E-state index contributed by atoms with van der Waals surface area (Å²) in [5, 5.41) is 3.37. The molecule has 0 aliphatic rings. The molecule has 0 unspecified atom stereocenters. The third-order valence-corrected chi connectivity index (χ3v) is 4.50. The molecule has 0 heterocycles. The predicted molar refractivity (Wildman–Crippen MR) is 107 cm³/mol. The van der Waals surface area contributed by atoms with E-state index in [0.29, 0.717) is 27.9 Å². The van der Waals surface area contributed by atoms with E-state index < -0.39 is 0 Å². The number of aryl methyl sites for hydroxylation is 1. The van der Waals surface area contributed by atoms with Crippen molar-refractivity contribution < 1.29 is 19.1 Å². The average Bonchev–Trinajstić information content (AvgIpc) is 2.64. The van der Waals surface area contributed by atoms with E-state index in [1.54, 1.807) is 31.4 Å². The van der Waals surface area contributed by atoms with Gasteiger partial charge in [0.1, 0.15) is 11.5 Å². The maximum atomic E-state index is 12.4. The van der Waals surface area contributed by atoms with Gasteiger partial charge in [0.25, 0.3) is 0 Å². The molecular formula is C20H23ClN2O4. The average molecular weight is 391 g/mol. The number of carbonyl (C=O) groups is 2. The van der Waals surface area contributed by atoms with Crippen molar-refractivity contribution in [3.8, 4) is 11.5 Å². The summed E-state index contributed by atoms with van der Waals surface area (Å²) in [4.78, 5) is 25.9. The number of amides is 2. The van der Waals surface area contributed by atoms with E-state index >= 15 is 0 Å². The van der Waals surface area contributed by atoms with Crippen LogP contribution in [-0.4, -0.2) is 32.6 Å². The molecule has 0 aliphatic carbocycles. The lowest BCUT2D eigenvalue weighted by molar-refractivity contribution is -0.117. The summed E-state index contributed by atoms with van der Waals surface area (Å²) in [5.74, 6) is 0.730. The first-order valence-electron chi connectivity index (χ1n) is 8.42. The van der Waals surface area contributed by atoms with Crippen LogP contribution in [0, 0.1) is 6.92 Å². The van der Waals surface area contributed by atoms with Crippen molar-refractivity contribution in [2.24, 2.45) is 0 Å². The molecule has 0 atom stereocenters. The number of hydrogen-bond acceptors (Lipinski definition) is 4. The van der Waals surface area contributed by atoms with Crippen molar-refractivity contribution in [3.05, 3.63) is 47.0 Å². The molecule has 1 N–H and O–H groups in total. The second-order valence-electron chi connectivity index (χ2n) is 5.97. The second-order valence-corrected chi connectivity index (χ2v) is 6.38. The fraction of sp³-hybridized carbons (Fsp3) is 0.300. The Morgan fingerprint density at radius 2 is 1.85 bits per heavy atom. The van der Waals surface area contributed by atoms with E-state index in [-0.39, 0.29) is 24.8 Å². The Kier molecular flexibility index (Phi) is 7.07. The monoisotopic (exact) mass is 390 g/mol. The van der Waals surface area contributed by atoms with E-state index in [9.17, 15) is 9.59 Å². The van der Waals surface area contributed by atoms with Crippen molar-refractivity contribution in [1.29, 1.82) is 0 Å². The number of halogens is 1. The summed E-state index contributed by atoms with van der Waals surface area (Å²) >= 11 is 6.15. The van der Waals surface area contributed by atoms with Crippen molar-refractivity contribution in [1.82, 2.24) is 0 Å². The molecule has 0 bridgehead atoms. The molecule has 0 fully saturated rings. The molecule has 2 aromatic carbocycles. The van der Waals surface area contributed by atoms with Crippen LogP contribution in [0.25, 0.3) is 0 Å². The third kappa shape index (κ3) is 5.37. The Morgan fingerprint density at radius 1 is 1.11 bits per heavy atom. The SMILES string of the molecule is COc1ccc(NC(=O)CCN(C(C)=O)c2ccc(C)c(Cl)c2)c(OC)c1. The van der Waals surface area contributed by atoms with E-state index in [0.717, 1.165) is 5.56 Å². The van der Waals surface area contributed by atoms with E-state index in [1.807, 2.05) is 19.1 Å². The van der Waals surface area contributed by atoms with Crippen LogP contribution in [0.4, 0.5) is 11.4 Å². The largest absolute Gasteiger partial charge is 0.497 e. The van der Waals surface area contributed by atoms with E-state index in [4.69, 9.17) is 21.1 Å². The van der Waals surface area contributed by atoms with Crippen LogP contribution in [0.3, 0.4) is 0 Å². The normalized spacial score (nSPS) is 10.3. The molecule has 27 heavy (non-hydrogen) atoms. The lowest BCUT2D eigenvalue weighted by Crippen LogP contribution is -2.32. The number of carbonyl (C=O) groups excluding carboxylic acids is 2. The van der Waals surface area contributed by atoms with Gasteiger partial charge in [0.05, 0.1) is 19.9 Å². The quantitative estimate of drug-likeness (QED) is 0.774. The maximum absolute atomic E-state index is 12.4. The number of hydrogen-bond donors (Lipinski definition) is 1. The highest BCUT2D eigenvalue weighted by molar-refractivity contribution is 6.31. The van der Waals surface area contributed by atoms with Gasteiger partial charge < -0.3 is 19.7 Å². The smallest absolute Gasteiger partial charge is 0.226 e. The van der Waals surface area contributed by atoms with Crippen molar-refractivity contribution >= 4 is 34.8 Å². The standard InChI is InChI=1S/C20H23ClN2O4/c1-13-5-6-15(11-17(13)21)23(14(2)24)10-9-20(25)22-18-8-7-16(26-3)12-19(18)27-4/h5-8,11-12H,9-10H2,1-4H3,(H,22,25). The molecule has 0 aromatic heterocycles. The second kappa shape index (κ2) is 9.28. The van der Waals surface area contributed by atoms with Gasteiger partial charge in [0, 0.05) is 36.7 Å². The zero-order chi connectivity index (χ0) is 20.0. The van der Waals surface area contributed by atoms with Gasteiger partial charge >= 0.3 is 0 Å². The fourth-order valence-corrected chi connectivity index (χ4v) is 2.72. The van der Waals surface area contributed by atoms with Gasteiger partial charge in [-0.3, -0.25) is 9.59 Å². The highest BCUT2D eigenvalue weighted by atomic mass is 35.5. The first-order chi connectivity index (χ1) is 12.8. The zero-order valence-electron chi connectivity index (χ0n) is 15.8. The van der Waals surface area contributed by atoms with Crippen LogP contribution < -0.4 is 19.7 Å². The van der Waals surface area contributed by atoms with Crippen LogP contribution >= 0.6 is 11.6 Å². The van der Waals surface area contributed by atoms with Crippen molar-refractivity contribution in [2.45, 2.75) is 20.3 Å². The Morgan fingerprint density at radius 3 is 2.44 bits per heavy atom. The summed E-state index contributed by atoms with van der Waals surface area (Å²) in [6, 6.07) is 10.5. The number of nitrogens with zero attached hydrogens (tertiary/aromatic N) is 1. The molecule has 2 amide bonds. The molecule has 0 saturated carbocycles. The van der Waals surface area contributed by atoms with Crippen LogP contribution in [-0.2, 0) is 9.59 Å². The van der Waals surface area contributed by atoms with Gasteiger partial charge in [-0.2, -0.15) is 0 Å². The summed E-state index contributed by atoms with van der Waals surface area (Å²) in [6.45, 7) is 3.58. The first kappa shape index (κ1) is 20.6. The van der Waals surface area contributed by atoms with E-state index in [2.05, 4.69) is 5.32 Å². The van der Waals surface area contributed by atoms with E-state index in [1.165, 1.54) is 18.9 Å². The predicted octanol–water partition coefficient (Wildman–Crippen LogP) is 4.05. The Balaban J connectivity index is 2.06. The lowest BCUT2D eigenvalue weighted by Gasteiger charge is -2.21. The molecule has 144 valence electrons. The molecule has 2 aromatic rings. The molecular weight excluding hydrogens is 368 g/mol. The van der Waals surface area contributed by atoms with Crippen LogP contribution in [0.5, 0.6) is 11.5 Å². The topological polar surface area (TPSA) is 67.9 Å². The minimum atomic E-state index is -0.233. The zero-order valence-corrected chi connectivity index (χ0v) is 16.6. The molecule has 0 spiro atoms. The van der Waals surface area contributed by atoms with Gasteiger partial charge in [0.2, 0.25) is 11.8 Å². The molecule has 0 radical (unpaired) electrons.